The molecule has 3 heteroatoms. The van der Waals surface area contributed by atoms with Crippen molar-refractivity contribution in [2.75, 3.05) is 0 Å². The Kier molecular flexibility index (Phi) is 4.61. The molecule has 2 rings (SSSR count). The van der Waals surface area contributed by atoms with E-state index in [0.29, 0.717) is 0 Å². The van der Waals surface area contributed by atoms with Gasteiger partial charge in [-0.1, -0.05) is 37.3 Å². The highest BCUT2D eigenvalue weighted by molar-refractivity contribution is 5.84. The number of carbonyl (C=O) groups is 1. The highest BCUT2D eigenvalue weighted by Gasteiger charge is 2.16. The lowest BCUT2D eigenvalue weighted by molar-refractivity contribution is -0.127. The van der Waals surface area contributed by atoms with Gasteiger partial charge in [-0.05, 0) is 43.2 Å². The molecule has 0 fully saturated rings. The molecule has 0 aliphatic rings. The molecule has 0 saturated carbocycles. The SMILES string of the molecule is CC[C@@H](C)NC(=O)[C@H](C)Oc1ccc2ccccc2c1. The highest BCUT2D eigenvalue weighted by atomic mass is 16.5. The fourth-order valence-corrected chi connectivity index (χ4v) is 1.96. The molecule has 0 aliphatic heterocycles. The van der Waals surface area contributed by atoms with Crippen LogP contribution in [-0.4, -0.2) is 18.1 Å². The second-order valence-corrected chi connectivity index (χ2v) is 5.09. The number of nitrogens with one attached hydrogen (secondary N) is 1. The number of rotatable bonds is 5. The van der Waals surface area contributed by atoms with Crippen molar-refractivity contribution < 1.29 is 9.53 Å². The number of amides is 1. The molecule has 2 atom stereocenters. The summed E-state index contributed by atoms with van der Waals surface area (Å²) in [5.41, 5.74) is 0. The van der Waals surface area contributed by atoms with Crippen LogP contribution in [0.5, 0.6) is 5.75 Å². The smallest absolute Gasteiger partial charge is 0.260 e. The fourth-order valence-electron chi connectivity index (χ4n) is 1.96. The molecule has 0 radical (unpaired) electrons. The Labute approximate surface area is 119 Å². The van der Waals surface area contributed by atoms with Crippen molar-refractivity contribution in [1.82, 2.24) is 5.32 Å². The zero-order valence-corrected chi connectivity index (χ0v) is 12.2. The van der Waals surface area contributed by atoms with E-state index in [1.165, 1.54) is 0 Å². The van der Waals surface area contributed by atoms with Crippen LogP contribution in [-0.2, 0) is 4.79 Å². The molecule has 0 saturated heterocycles. The monoisotopic (exact) mass is 271 g/mol. The van der Waals surface area contributed by atoms with E-state index in [-0.39, 0.29) is 11.9 Å². The summed E-state index contributed by atoms with van der Waals surface area (Å²) >= 11 is 0. The molecule has 1 amide bonds. The molecule has 0 spiro atoms. The lowest BCUT2D eigenvalue weighted by Crippen LogP contribution is -2.40. The maximum atomic E-state index is 11.9. The summed E-state index contributed by atoms with van der Waals surface area (Å²) in [7, 11) is 0. The minimum absolute atomic E-state index is 0.0764. The van der Waals surface area contributed by atoms with Crippen LogP contribution in [0.3, 0.4) is 0 Å². The summed E-state index contributed by atoms with van der Waals surface area (Å²) < 4.78 is 5.72. The molecule has 2 aromatic carbocycles. The Morgan fingerprint density at radius 2 is 1.85 bits per heavy atom. The first kappa shape index (κ1) is 14.4. The third-order valence-electron chi connectivity index (χ3n) is 3.40. The van der Waals surface area contributed by atoms with Crippen molar-refractivity contribution in [2.24, 2.45) is 0 Å². The van der Waals surface area contributed by atoms with Crippen molar-refractivity contribution in [3.63, 3.8) is 0 Å². The zero-order chi connectivity index (χ0) is 14.5. The van der Waals surface area contributed by atoms with E-state index in [4.69, 9.17) is 4.74 Å². The van der Waals surface area contributed by atoms with E-state index in [0.717, 1.165) is 22.9 Å². The molecule has 106 valence electrons. The lowest BCUT2D eigenvalue weighted by Gasteiger charge is -2.18. The maximum absolute atomic E-state index is 11.9. The molecular weight excluding hydrogens is 250 g/mol. The van der Waals surface area contributed by atoms with Crippen LogP contribution in [0.1, 0.15) is 27.2 Å². The van der Waals surface area contributed by atoms with E-state index < -0.39 is 6.10 Å². The van der Waals surface area contributed by atoms with E-state index in [1.807, 2.05) is 50.2 Å². The van der Waals surface area contributed by atoms with Crippen LogP contribution < -0.4 is 10.1 Å². The lowest BCUT2D eigenvalue weighted by atomic mass is 10.1. The van der Waals surface area contributed by atoms with Gasteiger partial charge in [0.1, 0.15) is 5.75 Å². The molecule has 1 N–H and O–H groups in total. The second kappa shape index (κ2) is 6.42. The minimum Gasteiger partial charge on any atom is -0.481 e. The number of fused-ring (bicyclic) bond motifs is 1. The van der Waals surface area contributed by atoms with Crippen molar-refractivity contribution in [3.8, 4) is 5.75 Å². The van der Waals surface area contributed by atoms with Gasteiger partial charge >= 0.3 is 0 Å². The third kappa shape index (κ3) is 3.50. The summed E-state index contributed by atoms with van der Waals surface area (Å²) in [5.74, 6) is 0.642. The van der Waals surface area contributed by atoms with Crippen molar-refractivity contribution in [3.05, 3.63) is 42.5 Å². The first-order valence-corrected chi connectivity index (χ1v) is 7.06. The second-order valence-electron chi connectivity index (χ2n) is 5.09. The zero-order valence-electron chi connectivity index (χ0n) is 12.2. The molecule has 0 aliphatic carbocycles. The van der Waals surface area contributed by atoms with Gasteiger partial charge in [-0.25, -0.2) is 0 Å². The van der Waals surface area contributed by atoms with E-state index >= 15 is 0 Å². The Morgan fingerprint density at radius 1 is 1.15 bits per heavy atom. The topological polar surface area (TPSA) is 38.3 Å². The normalized spacial score (nSPS) is 13.8. The van der Waals surface area contributed by atoms with Crippen LogP contribution in [0.4, 0.5) is 0 Å². The molecule has 0 unspecified atom stereocenters. The highest BCUT2D eigenvalue weighted by Crippen LogP contribution is 2.21. The van der Waals surface area contributed by atoms with Crippen LogP contribution >= 0.6 is 0 Å². The standard InChI is InChI=1S/C17H21NO2/c1-4-12(2)18-17(19)13(3)20-16-10-9-14-7-5-6-8-15(14)11-16/h5-13H,4H2,1-3H3,(H,18,19)/t12-,13+/m1/s1. The summed E-state index contributed by atoms with van der Waals surface area (Å²) in [5, 5.41) is 5.20. The average Bonchev–Trinajstić information content (AvgIpc) is 2.46. The number of hydrogen-bond donors (Lipinski definition) is 1. The van der Waals surface area contributed by atoms with Crippen molar-refractivity contribution in [2.45, 2.75) is 39.3 Å². The van der Waals surface area contributed by atoms with Gasteiger partial charge in [0.25, 0.3) is 5.91 Å². The van der Waals surface area contributed by atoms with Crippen LogP contribution in [0, 0.1) is 0 Å². The number of hydrogen-bond acceptors (Lipinski definition) is 2. The summed E-state index contributed by atoms with van der Waals surface area (Å²) in [6, 6.07) is 14.1. The predicted molar refractivity (Wildman–Crippen MR) is 81.9 cm³/mol. The van der Waals surface area contributed by atoms with Crippen molar-refractivity contribution >= 4 is 16.7 Å². The Balaban J connectivity index is 2.05. The minimum atomic E-state index is -0.495. The van der Waals surface area contributed by atoms with Gasteiger partial charge in [0.2, 0.25) is 0 Å². The first-order valence-electron chi connectivity index (χ1n) is 7.06. The molecule has 0 aromatic heterocycles. The number of benzene rings is 2. The van der Waals surface area contributed by atoms with Gasteiger partial charge < -0.3 is 10.1 Å². The van der Waals surface area contributed by atoms with E-state index in [2.05, 4.69) is 11.4 Å². The quantitative estimate of drug-likeness (QED) is 0.903. The molecule has 2 aromatic rings. The third-order valence-corrected chi connectivity index (χ3v) is 3.40. The first-order chi connectivity index (χ1) is 9.60. The molecule has 20 heavy (non-hydrogen) atoms. The molecule has 0 heterocycles. The maximum Gasteiger partial charge on any atom is 0.260 e. The Morgan fingerprint density at radius 3 is 2.55 bits per heavy atom. The van der Waals surface area contributed by atoms with E-state index in [1.54, 1.807) is 6.92 Å². The van der Waals surface area contributed by atoms with Gasteiger partial charge in [0.15, 0.2) is 6.10 Å². The largest absolute Gasteiger partial charge is 0.481 e. The predicted octanol–water partition coefficient (Wildman–Crippen LogP) is 3.52. The Bertz CT molecular complexity index is 594. The average molecular weight is 271 g/mol. The Hall–Kier alpha value is -2.03. The van der Waals surface area contributed by atoms with Gasteiger partial charge in [0.05, 0.1) is 0 Å². The van der Waals surface area contributed by atoms with Crippen LogP contribution in [0.15, 0.2) is 42.5 Å². The molecular formula is C17H21NO2. The number of carbonyl (C=O) groups excluding carboxylic acids is 1. The van der Waals surface area contributed by atoms with Gasteiger partial charge in [0, 0.05) is 6.04 Å². The summed E-state index contributed by atoms with van der Waals surface area (Å²) in [6.45, 7) is 5.80. The van der Waals surface area contributed by atoms with Crippen LogP contribution in [0.2, 0.25) is 0 Å². The van der Waals surface area contributed by atoms with Gasteiger partial charge in [-0.3, -0.25) is 4.79 Å². The molecule has 3 nitrogen and oxygen atoms in total. The summed E-state index contributed by atoms with van der Waals surface area (Å²) in [4.78, 5) is 11.9. The van der Waals surface area contributed by atoms with Crippen LogP contribution in [0.25, 0.3) is 10.8 Å². The van der Waals surface area contributed by atoms with Crippen molar-refractivity contribution in [1.29, 1.82) is 0 Å². The van der Waals surface area contributed by atoms with Gasteiger partial charge in [-0.2, -0.15) is 0 Å². The summed E-state index contributed by atoms with van der Waals surface area (Å²) in [6.07, 6.45) is 0.416. The van der Waals surface area contributed by atoms with E-state index in [9.17, 15) is 4.79 Å². The number of ether oxygens (including phenoxy) is 1. The molecule has 0 bridgehead atoms. The van der Waals surface area contributed by atoms with Gasteiger partial charge in [-0.15, -0.1) is 0 Å². The fraction of sp³-hybridized carbons (Fsp3) is 0.353.